The second kappa shape index (κ2) is 9.96. The lowest BCUT2D eigenvalue weighted by atomic mass is 9.30. The number of aromatic nitrogens is 1. The minimum Gasteiger partial charge on any atom is -0.496 e. The molecule has 252 valence electrons. The summed E-state index contributed by atoms with van der Waals surface area (Å²) in [5.74, 6) is 1.18. The Kier molecular flexibility index (Phi) is 6.17. The van der Waals surface area contributed by atoms with Gasteiger partial charge in [0.1, 0.15) is 11.5 Å². The van der Waals surface area contributed by atoms with Gasteiger partial charge in [0.25, 0.3) is 0 Å². The fraction of sp³-hybridized carbons (Fsp3) is 0.575. The van der Waals surface area contributed by atoms with Gasteiger partial charge in [0, 0.05) is 75.9 Å². The molecule has 7 aliphatic heterocycles. The van der Waals surface area contributed by atoms with Gasteiger partial charge in [0.05, 0.1) is 25.8 Å². The Bertz CT molecular complexity index is 1900. The van der Waals surface area contributed by atoms with Crippen molar-refractivity contribution >= 4 is 22.4 Å². The van der Waals surface area contributed by atoms with Crippen molar-refractivity contribution in [1.29, 1.82) is 0 Å². The maximum absolute atomic E-state index is 14.0. The van der Waals surface area contributed by atoms with E-state index in [4.69, 9.17) is 4.74 Å². The first-order chi connectivity index (χ1) is 23.3. The summed E-state index contributed by atoms with van der Waals surface area (Å²) in [6.45, 7) is 5.18. The third-order valence-corrected chi connectivity index (χ3v) is 15.2. The number of aromatic amines is 1. The van der Waals surface area contributed by atoms with E-state index in [1.54, 1.807) is 14.0 Å². The number of hydrogen-bond donors (Lipinski definition) is 4. The van der Waals surface area contributed by atoms with Gasteiger partial charge < -0.3 is 25.3 Å². The van der Waals surface area contributed by atoms with Gasteiger partial charge in [-0.05, 0) is 100 Å². The van der Waals surface area contributed by atoms with Gasteiger partial charge in [-0.3, -0.25) is 14.6 Å². The smallest absolute Gasteiger partial charge is 0.133 e. The van der Waals surface area contributed by atoms with Gasteiger partial charge in [0.15, 0.2) is 0 Å². The summed E-state index contributed by atoms with van der Waals surface area (Å²) in [4.78, 5) is 22.9. The Balaban J connectivity index is 1.08. The maximum Gasteiger partial charge on any atom is 0.133 e. The summed E-state index contributed by atoms with van der Waals surface area (Å²) in [6.07, 6.45) is 6.66. The molecule has 48 heavy (non-hydrogen) atoms. The number of H-pyrrole nitrogens is 1. The molecule has 1 spiro atoms. The fourth-order valence-corrected chi connectivity index (χ4v) is 13.3. The molecule has 2 saturated carbocycles. The Morgan fingerprint density at radius 1 is 1.15 bits per heavy atom. The third kappa shape index (κ3) is 3.25. The molecule has 12 rings (SSSR count). The number of ketones is 1. The average Bonchev–Trinajstić information content (AvgIpc) is 3.70. The van der Waals surface area contributed by atoms with Crippen molar-refractivity contribution in [2.24, 2.45) is 29.1 Å². The summed E-state index contributed by atoms with van der Waals surface area (Å²) in [5.41, 5.74) is 8.49. The maximum atomic E-state index is 14.0. The number of nitrogens with zero attached hydrogens (tertiary/aromatic N) is 2. The number of ether oxygens (including phenoxy) is 1. The van der Waals surface area contributed by atoms with Crippen LogP contribution in [0.15, 0.2) is 48.0 Å². The van der Waals surface area contributed by atoms with Crippen LogP contribution in [0.4, 0.5) is 5.69 Å². The highest BCUT2D eigenvalue weighted by molar-refractivity contribution is 5.86. The van der Waals surface area contributed by atoms with Gasteiger partial charge >= 0.3 is 0 Å². The standard InChI is InChI=1S/C40H48N4O4/c1-5-21-17-44-32-15-27(21)40(19-46)34(44)16-39(40)36-26(33(48-4)11-10-29(36)42-38(32)39)13-24(20(2)47)25-14-31-37-35(23-8-6-7-9-28(23)41-37)30(43(31)3)12-22(25)18-45/h5-11,22,24-25,27,30-32,34,38,41-42,45-46H,12-19H2,1-4H3/b21-5+/t22-,24-,25-,27+,30+,31-,32+,34+,38+,39-,40+/m1/s1. The van der Waals surface area contributed by atoms with Crippen LogP contribution in [0.1, 0.15) is 74.0 Å². The predicted molar refractivity (Wildman–Crippen MR) is 185 cm³/mol. The first kappa shape index (κ1) is 29.7. The minimum atomic E-state index is -0.258. The summed E-state index contributed by atoms with van der Waals surface area (Å²) >= 11 is 0. The van der Waals surface area contributed by atoms with Crippen molar-refractivity contribution in [2.75, 3.05) is 39.2 Å². The number of hydrogen-bond acceptors (Lipinski definition) is 7. The number of fused-ring (bicyclic) bond motifs is 9. The lowest BCUT2D eigenvalue weighted by Gasteiger charge is -2.82. The van der Waals surface area contributed by atoms with E-state index in [0.717, 1.165) is 49.2 Å². The number of methoxy groups -OCH3 is 1. The Labute approximate surface area is 282 Å². The lowest BCUT2D eigenvalue weighted by molar-refractivity contribution is -0.279. The molecule has 7 fully saturated rings. The van der Waals surface area contributed by atoms with E-state index >= 15 is 0 Å². The fourth-order valence-electron chi connectivity index (χ4n) is 13.3. The number of nitrogens with one attached hydrogen (secondary N) is 2. The molecule has 5 saturated heterocycles. The number of carbonyl (C=O) groups excluding carboxylic acids is 1. The largest absolute Gasteiger partial charge is 0.496 e. The van der Waals surface area contributed by atoms with Crippen LogP contribution < -0.4 is 10.1 Å². The summed E-state index contributed by atoms with van der Waals surface area (Å²) in [7, 11) is 3.97. The van der Waals surface area contributed by atoms with Gasteiger partial charge in [-0.25, -0.2) is 0 Å². The Hall–Kier alpha value is -3.17. The monoisotopic (exact) mass is 648 g/mol. The van der Waals surface area contributed by atoms with Crippen molar-refractivity contribution < 1.29 is 19.7 Å². The van der Waals surface area contributed by atoms with Crippen LogP contribution in [0.3, 0.4) is 0 Å². The molecule has 4 N–H and O–H groups in total. The quantitative estimate of drug-likeness (QED) is 0.264. The highest BCUT2D eigenvalue weighted by Crippen LogP contribution is 2.79. The molecule has 8 heteroatoms. The summed E-state index contributed by atoms with van der Waals surface area (Å²) < 4.78 is 6.17. The normalized spacial score (nSPS) is 41.0. The molecule has 0 amide bonds. The zero-order valence-corrected chi connectivity index (χ0v) is 28.5. The van der Waals surface area contributed by atoms with E-state index in [1.807, 2.05) is 0 Å². The molecule has 2 aliphatic carbocycles. The zero-order chi connectivity index (χ0) is 32.9. The van der Waals surface area contributed by atoms with Crippen LogP contribution in [-0.2, 0) is 16.6 Å². The second-order valence-corrected chi connectivity index (χ2v) is 16.3. The molecular weight excluding hydrogens is 600 g/mol. The predicted octanol–water partition coefficient (Wildman–Crippen LogP) is 5.12. The van der Waals surface area contributed by atoms with Gasteiger partial charge in [0.2, 0.25) is 0 Å². The molecule has 1 unspecified atom stereocenters. The van der Waals surface area contributed by atoms with Crippen LogP contribution in [0.2, 0.25) is 0 Å². The van der Waals surface area contributed by atoms with Crippen molar-refractivity contribution in [2.45, 2.75) is 81.6 Å². The van der Waals surface area contributed by atoms with Crippen LogP contribution >= 0.6 is 0 Å². The molecule has 3 aromatic rings. The molecule has 2 aromatic carbocycles. The van der Waals surface area contributed by atoms with Gasteiger partial charge in [-0.1, -0.05) is 29.8 Å². The van der Waals surface area contributed by atoms with E-state index in [0.29, 0.717) is 24.4 Å². The number of aliphatic hydroxyl groups excluding tert-OH is 2. The van der Waals surface area contributed by atoms with Crippen molar-refractivity contribution in [1.82, 2.24) is 14.8 Å². The molecule has 8 bridgehead atoms. The SMILES string of the molecule is C/C=C1\CN2[C@H]3C[C@@]45c6c(ccc(OC)c6C[C@H](C(C)=O)[C@@H]6C[C@@H]7c8[nH]c9ccccc9c8[C@H](C[C@@H]6CO)N7C)N[C@H]4[C@@H]2C[C@@H]1[C@@]35CO. The van der Waals surface area contributed by atoms with E-state index < -0.39 is 0 Å². The highest BCUT2D eigenvalue weighted by atomic mass is 16.5. The minimum absolute atomic E-state index is 0.00768. The number of carbonyl (C=O) groups is 1. The van der Waals surface area contributed by atoms with Crippen molar-refractivity contribution in [3.05, 3.63) is 70.4 Å². The Morgan fingerprint density at radius 3 is 2.73 bits per heavy atom. The van der Waals surface area contributed by atoms with Crippen molar-refractivity contribution in [3.63, 3.8) is 0 Å². The van der Waals surface area contributed by atoms with E-state index in [1.165, 1.54) is 33.3 Å². The first-order valence-corrected chi connectivity index (χ1v) is 18.2. The molecule has 1 aromatic heterocycles. The number of para-hydroxylation sites is 1. The number of aliphatic hydroxyl groups is 2. The topological polar surface area (TPSA) is 101 Å². The van der Waals surface area contributed by atoms with Crippen molar-refractivity contribution in [3.8, 4) is 5.75 Å². The number of Topliss-reactive ketones (excluding diaryl/α,β-unsaturated/α-hetero) is 1. The summed E-state index contributed by atoms with van der Waals surface area (Å²) in [6, 6.07) is 14.3. The van der Waals surface area contributed by atoms with Gasteiger partial charge in [-0.2, -0.15) is 0 Å². The van der Waals surface area contributed by atoms with Crippen LogP contribution in [0, 0.1) is 29.1 Å². The number of benzene rings is 2. The summed E-state index contributed by atoms with van der Waals surface area (Å²) in [5, 5.41) is 27.8. The average molecular weight is 649 g/mol. The molecule has 8 heterocycles. The molecule has 9 aliphatic rings. The molecular formula is C40H48N4O4. The van der Waals surface area contributed by atoms with E-state index in [-0.39, 0.29) is 65.7 Å². The number of allylic oxidation sites excluding steroid dienone is 1. The number of rotatable bonds is 7. The zero-order valence-electron chi connectivity index (χ0n) is 28.5. The van der Waals surface area contributed by atoms with Gasteiger partial charge in [-0.15, -0.1) is 0 Å². The molecule has 12 atom stereocenters. The lowest BCUT2D eigenvalue weighted by Crippen LogP contribution is -2.90. The van der Waals surface area contributed by atoms with Crippen LogP contribution in [0.5, 0.6) is 5.75 Å². The Morgan fingerprint density at radius 2 is 1.98 bits per heavy atom. The highest BCUT2D eigenvalue weighted by Gasteiger charge is 2.84. The molecule has 8 nitrogen and oxygen atoms in total. The van der Waals surface area contributed by atoms with Crippen LogP contribution in [-0.4, -0.2) is 82.8 Å². The van der Waals surface area contributed by atoms with Crippen LogP contribution in [0.25, 0.3) is 10.9 Å². The molecule has 0 radical (unpaired) electrons. The van der Waals surface area contributed by atoms with E-state index in [2.05, 4.69) is 76.5 Å². The first-order valence-electron chi connectivity index (χ1n) is 18.2. The second-order valence-electron chi connectivity index (χ2n) is 16.3. The number of anilines is 1. The number of piperidine rings is 5. The third-order valence-electron chi connectivity index (χ3n) is 15.2. The van der Waals surface area contributed by atoms with E-state index in [9.17, 15) is 15.0 Å².